The van der Waals surface area contributed by atoms with Crippen LogP contribution in [-0.2, 0) is 14.6 Å². The molecule has 3 heterocycles. The Bertz CT molecular complexity index is 1350. The minimum Gasteiger partial charge on any atom is -0.457 e. The van der Waals surface area contributed by atoms with Gasteiger partial charge in [0.25, 0.3) is 5.91 Å². The molecule has 0 aliphatic carbocycles. The van der Waals surface area contributed by atoms with Gasteiger partial charge in [-0.15, -0.1) is 5.10 Å². The van der Waals surface area contributed by atoms with E-state index in [4.69, 9.17) is 14.6 Å². The number of rotatable bonds is 4. The summed E-state index contributed by atoms with van der Waals surface area (Å²) in [4.78, 5) is 28.4. The van der Waals surface area contributed by atoms with Crippen LogP contribution in [-0.4, -0.2) is 46.4 Å². The molecule has 13 heteroatoms. The summed E-state index contributed by atoms with van der Waals surface area (Å²) in [6.45, 7) is 1.48. The number of furan rings is 1. The molecule has 0 spiro atoms. The predicted octanol–water partition coefficient (Wildman–Crippen LogP) is 3.27. The van der Waals surface area contributed by atoms with Gasteiger partial charge >= 0.3 is 5.97 Å². The van der Waals surface area contributed by atoms with Crippen molar-refractivity contribution >= 4 is 70.9 Å². The van der Waals surface area contributed by atoms with Crippen LogP contribution in [0.4, 0.5) is 0 Å². The Hall–Kier alpha value is -3.03. The number of hydrogen-bond acceptors (Lipinski definition) is 9. The van der Waals surface area contributed by atoms with Gasteiger partial charge < -0.3 is 9.15 Å². The maximum absolute atomic E-state index is 12.5. The SMILES string of the molecule is CCS(=O)(=O)C1=NN2C(=N)/C(=C\c3ccc(OC(=O)c4ccco4)c(Br)c3)C(=O)N=C2S1. The monoisotopic (exact) mass is 536 g/mol. The summed E-state index contributed by atoms with van der Waals surface area (Å²) >= 11 is 4.05. The van der Waals surface area contributed by atoms with Crippen molar-refractivity contribution in [2.45, 2.75) is 6.92 Å². The number of nitrogens with zero attached hydrogens (tertiary/aromatic N) is 3. The fourth-order valence-corrected chi connectivity index (χ4v) is 5.27. The molecule has 0 radical (unpaired) electrons. The molecule has 1 aromatic heterocycles. The van der Waals surface area contributed by atoms with E-state index in [0.717, 1.165) is 16.8 Å². The lowest BCUT2D eigenvalue weighted by Crippen LogP contribution is -2.35. The zero-order valence-electron chi connectivity index (χ0n) is 16.2. The lowest BCUT2D eigenvalue weighted by molar-refractivity contribution is -0.114. The Labute approximate surface area is 194 Å². The fraction of sp³-hybridized carbons (Fsp3) is 0.105. The van der Waals surface area contributed by atoms with Crippen LogP contribution in [0.3, 0.4) is 0 Å². The number of aliphatic imine (C=N–C) groups is 1. The van der Waals surface area contributed by atoms with Gasteiger partial charge in [-0.25, -0.2) is 13.2 Å². The van der Waals surface area contributed by atoms with E-state index in [1.807, 2.05) is 0 Å². The van der Waals surface area contributed by atoms with Crippen LogP contribution in [0, 0.1) is 5.41 Å². The third-order valence-corrected chi connectivity index (χ3v) is 7.98. The molecule has 1 aromatic carbocycles. The fourth-order valence-electron chi connectivity index (χ4n) is 2.62. The highest BCUT2D eigenvalue weighted by atomic mass is 79.9. The highest BCUT2D eigenvalue weighted by Gasteiger charge is 2.39. The predicted molar refractivity (Wildman–Crippen MR) is 122 cm³/mol. The van der Waals surface area contributed by atoms with E-state index in [1.165, 1.54) is 31.4 Å². The van der Waals surface area contributed by atoms with Gasteiger partial charge in [0.2, 0.25) is 25.1 Å². The van der Waals surface area contributed by atoms with Gasteiger partial charge in [-0.3, -0.25) is 10.2 Å². The van der Waals surface area contributed by atoms with Gasteiger partial charge in [-0.2, -0.15) is 10.0 Å². The lowest BCUT2D eigenvalue weighted by Gasteiger charge is -2.20. The van der Waals surface area contributed by atoms with Crippen LogP contribution in [0.5, 0.6) is 5.75 Å². The van der Waals surface area contributed by atoms with Crippen molar-refractivity contribution < 1.29 is 27.2 Å². The van der Waals surface area contributed by atoms with E-state index >= 15 is 0 Å². The second-order valence-corrected chi connectivity index (χ2v) is 10.6. The first-order valence-electron chi connectivity index (χ1n) is 8.98. The van der Waals surface area contributed by atoms with Crippen LogP contribution in [0.25, 0.3) is 6.08 Å². The number of carbonyl (C=O) groups is 2. The molecule has 2 aliphatic heterocycles. The normalized spacial score (nSPS) is 17.3. The number of esters is 1. The van der Waals surface area contributed by atoms with Crippen molar-refractivity contribution in [2.24, 2.45) is 10.1 Å². The number of hydrogen-bond donors (Lipinski definition) is 1. The molecule has 32 heavy (non-hydrogen) atoms. The van der Waals surface area contributed by atoms with E-state index < -0.39 is 21.7 Å². The summed E-state index contributed by atoms with van der Waals surface area (Å²) in [5.74, 6) is -1.54. The molecule has 0 bridgehead atoms. The van der Waals surface area contributed by atoms with Crippen molar-refractivity contribution in [1.82, 2.24) is 5.01 Å². The molecule has 0 saturated heterocycles. The maximum Gasteiger partial charge on any atom is 0.379 e. The zero-order valence-corrected chi connectivity index (χ0v) is 19.5. The second-order valence-electron chi connectivity index (χ2n) is 6.35. The number of amides is 1. The summed E-state index contributed by atoms with van der Waals surface area (Å²) in [6, 6.07) is 7.72. The number of hydrazone groups is 1. The van der Waals surface area contributed by atoms with Crippen LogP contribution >= 0.6 is 27.7 Å². The molecule has 1 amide bonds. The molecule has 2 aliphatic rings. The van der Waals surface area contributed by atoms with Gasteiger partial charge in [0, 0.05) is 0 Å². The summed E-state index contributed by atoms with van der Waals surface area (Å²) in [7, 11) is -3.60. The van der Waals surface area contributed by atoms with Crippen LogP contribution < -0.4 is 4.74 Å². The summed E-state index contributed by atoms with van der Waals surface area (Å²) in [5, 5.41) is 13.3. The average molecular weight is 537 g/mol. The Balaban J connectivity index is 1.59. The lowest BCUT2D eigenvalue weighted by atomic mass is 10.1. The van der Waals surface area contributed by atoms with Crippen molar-refractivity contribution in [3.8, 4) is 5.75 Å². The second kappa shape index (κ2) is 8.48. The number of benzene rings is 1. The molecule has 164 valence electrons. The Kier molecular flexibility index (Phi) is 5.88. The van der Waals surface area contributed by atoms with E-state index in [-0.39, 0.29) is 38.2 Å². The van der Waals surface area contributed by atoms with Gasteiger partial charge in [0.05, 0.1) is 22.1 Å². The maximum atomic E-state index is 12.5. The molecule has 1 N–H and O–H groups in total. The third-order valence-electron chi connectivity index (χ3n) is 4.27. The molecule has 4 rings (SSSR count). The molecule has 0 unspecified atom stereocenters. The largest absolute Gasteiger partial charge is 0.457 e. The van der Waals surface area contributed by atoms with Gasteiger partial charge in [0.1, 0.15) is 5.75 Å². The van der Waals surface area contributed by atoms with Gasteiger partial charge in [-0.1, -0.05) is 13.0 Å². The van der Waals surface area contributed by atoms with E-state index in [9.17, 15) is 18.0 Å². The number of thioether (sulfide) groups is 1. The van der Waals surface area contributed by atoms with Crippen LogP contribution in [0.1, 0.15) is 23.0 Å². The summed E-state index contributed by atoms with van der Waals surface area (Å²) in [6.07, 6.45) is 2.77. The quantitative estimate of drug-likeness (QED) is 0.356. The third kappa shape index (κ3) is 4.18. The number of carbonyl (C=O) groups excluding carboxylic acids is 2. The van der Waals surface area contributed by atoms with Crippen LogP contribution in [0.15, 0.2) is 61.2 Å². The molecule has 10 nitrogen and oxygen atoms in total. The number of nitrogens with one attached hydrogen (secondary N) is 1. The highest BCUT2D eigenvalue weighted by molar-refractivity contribution is 9.10. The minimum absolute atomic E-state index is 0.0190. The number of fused-ring (bicyclic) bond motifs is 1. The first-order valence-corrected chi connectivity index (χ1v) is 12.2. The smallest absolute Gasteiger partial charge is 0.379 e. The Morgan fingerprint density at radius 2 is 2.16 bits per heavy atom. The Morgan fingerprint density at radius 3 is 2.81 bits per heavy atom. The van der Waals surface area contributed by atoms with Gasteiger partial charge in [0.15, 0.2) is 5.84 Å². The molecule has 0 atom stereocenters. The summed E-state index contributed by atoms with van der Waals surface area (Å²) < 4.78 is 34.6. The number of sulfone groups is 1. The van der Waals surface area contributed by atoms with E-state index in [0.29, 0.717) is 10.0 Å². The van der Waals surface area contributed by atoms with Crippen molar-refractivity contribution in [1.29, 1.82) is 5.41 Å². The zero-order chi connectivity index (χ0) is 23.0. The number of ether oxygens (including phenoxy) is 1. The first kappa shape index (κ1) is 22.2. The van der Waals surface area contributed by atoms with Gasteiger partial charge in [-0.05, 0) is 63.6 Å². The van der Waals surface area contributed by atoms with Crippen molar-refractivity contribution in [3.63, 3.8) is 0 Å². The van der Waals surface area contributed by atoms with E-state index in [1.54, 1.807) is 18.2 Å². The standard InChI is InChI=1S/C19H13BrN4O6S2/c1-2-32(27,28)19-23-24-15(21)11(16(25)22-18(24)31-19)8-10-5-6-13(12(20)9-10)30-17(26)14-4-3-7-29-14/h3-9,21H,2H2,1H3/b11-8+,21-15?. The number of amidine groups is 2. The number of halogens is 1. The molecule has 2 aromatic rings. The summed E-state index contributed by atoms with van der Waals surface area (Å²) in [5.41, 5.74) is 0.444. The molecular formula is C19H13BrN4O6S2. The van der Waals surface area contributed by atoms with Crippen molar-refractivity contribution in [2.75, 3.05) is 5.75 Å². The molecular weight excluding hydrogens is 524 g/mol. The Morgan fingerprint density at radius 1 is 1.38 bits per heavy atom. The van der Waals surface area contributed by atoms with Crippen LogP contribution in [0.2, 0.25) is 0 Å². The minimum atomic E-state index is -3.60. The van der Waals surface area contributed by atoms with Crippen molar-refractivity contribution in [3.05, 3.63) is 58.0 Å². The molecule has 0 fully saturated rings. The highest BCUT2D eigenvalue weighted by Crippen LogP contribution is 2.32. The first-order chi connectivity index (χ1) is 15.2. The molecule has 0 saturated carbocycles. The average Bonchev–Trinajstić information content (AvgIpc) is 3.43. The topological polar surface area (TPSA) is 142 Å². The van der Waals surface area contributed by atoms with E-state index in [2.05, 4.69) is 26.0 Å².